The second-order valence-electron chi connectivity index (χ2n) is 8.15. The molecule has 3 aromatic carbocycles. The fourth-order valence-corrected chi connectivity index (χ4v) is 3.91. The first-order valence-electron chi connectivity index (χ1n) is 10.6. The van der Waals surface area contributed by atoms with Crippen LogP contribution in [-0.4, -0.2) is 28.8 Å². The summed E-state index contributed by atoms with van der Waals surface area (Å²) in [6.07, 6.45) is 1.90. The van der Waals surface area contributed by atoms with Crippen molar-refractivity contribution in [1.29, 1.82) is 0 Å². The van der Waals surface area contributed by atoms with Crippen LogP contribution < -0.4 is 10.7 Å². The van der Waals surface area contributed by atoms with E-state index >= 15 is 0 Å². The van der Waals surface area contributed by atoms with Gasteiger partial charge in [0.1, 0.15) is 0 Å². The van der Waals surface area contributed by atoms with E-state index in [1.54, 1.807) is 28.9 Å². The molecule has 3 aromatic rings. The van der Waals surface area contributed by atoms with Gasteiger partial charge in [0.15, 0.2) is 6.04 Å². The first kappa shape index (κ1) is 21.8. The average Bonchev–Trinajstić information content (AvgIpc) is 3.09. The number of carbonyl (C=O) groups is 2. The molecule has 1 fully saturated rings. The van der Waals surface area contributed by atoms with Crippen LogP contribution in [0.2, 0.25) is 5.02 Å². The summed E-state index contributed by atoms with van der Waals surface area (Å²) in [6.45, 7) is 4.30. The highest BCUT2D eigenvalue weighted by molar-refractivity contribution is 6.30. The minimum atomic E-state index is -0.758. The highest BCUT2D eigenvalue weighted by Crippen LogP contribution is 2.25. The van der Waals surface area contributed by atoms with E-state index in [9.17, 15) is 9.59 Å². The lowest BCUT2D eigenvalue weighted by molar-refractivity contribution is -0.596. The summed E-state index contributed by atoms with van der Waals surface area (Å²) in [5, 5.41) is 3.44. The normalized spacial score (nSPS) is 19.2. The van der Waals surface area contributed by atoms with Crippen molar-refractivity contribution in [2.75, 3.05) is 0 Å². The van der Waals surface area contributed by atoms with E-state index in [1.807, 2.05) is 48.7 Å². The zero-order valence-corrected chi connectivity index (χ0v) is 18.7. The Bertz CT molecular complexity index is 1140. The van der Waals surface area contributed by atoms with Crippen molar-refractivity contribution in [3.63, 3.8) is 0 Å². The molecule has 0 bridgehead atoms. The predicted molar refractivity (Wildman–Crippen MR) is 126 cm³/mol. The summed E-state index contributed by atoms with van der Waals surface area (Å²) in [5.41, 5.74) is 6.48. The molecular weight excluding hydrogens is 422 g/mol. The van der Waals surface area contributed by atoms with Crippen molar-refractivity contribution in [2.45, 2.75) is 31.8 Å². The monoisotopic (exact) mass is 446 g/mol. The molecule has 1 saturated heterocycles. The van der Waals surface area contributed by atoms with Crippen molar-refractivity contribution < 1.29 is 14.3 Å². The molecule has 2 amide bonds. The smallest absolute Gasteiger partial charge is 0.304 e. The van der Waals surface area contributed by atoms with Crippen molar-refractivity contribution in [2.24, 2.45) is 0 Å². The molecule has 162 valence electrons. The Morgan fingerprint density at radius 1 is 1.00 bits per heavy atom. The van der Waals surface area contributed by atoms with E-state index in [0.29, 0.717) is 16.5 Å². The molecular formula is C26H25ClN3O2+. The quantitative estimate of drug-likeness (QED) is 0.567. The maximum atomic E-state index is 12.9. The maximum absolute atomic E-state index is 12.9. The fraction of sp³-hybridized carbons (Fsp3) is 0.192. The second-order valence-corrected chi connectivity index (χ2v) is 8.58. The number of amides is 2. The lowest BCUT2D eigenvalue weighted by Gasteiger charge is -2.14. The number of hydrogen-bond acceptors (Lipinski definition) is 2. The highest BCUT2D eigenvalue weighted by atomic mass is 35.5. The lowest BCUT2D eigenvalue weighted by atomic mass is 9.99. The lowest BCUT2D eigenvalue weighted by Crippen LogP contribution is -2.42. The minimum absolute atomic E-state index is 0.267. The van der Waals surface area contributed by atoms with Crippen LogP contribution in [0.4, 0.5) is 0 Å². The maximum Gasteiger partial charge on any atom is 0.304 e. The molecule has 0 aromatic heterocycles. The van der Waals surface area contributed by atoms with Gasteiger partial charge in [-0.05, 0) is 47.9 Å². The third-order valence-electron chi connectivity index (χ3n) is 5.56. The number of halogens is 1. The second kappa shape index (κ2) is 9.37. The number of nitrogens with zero attached hydrogens (tertiary/aromatic N) is 1. The Balaban J connectivity index is 1.66. The summed E-state index contributed by atoms with van der Waals surface area (Å²) in [5.74, 6) is -0.151. The topological polar surface area (TPSA) is 61.2 Å². The molecule has 1 aliphatic heterocycles. The molecule has 0 unspecified atom stereocenters. The van der Waals surface area contributed by atoms with Gasteiger partial charge in [-0.25, -0.2) is 0 Å². The largest absolute Gasteiger partial charge is 0.334 e. The third-order valence-corrected chi connectivity index (χ3v) is 5.81. The number of hydrogen-bond donors (Lipinski definition) is 2. The van der Waals surface area contributed by atoms with Gasteiger partial charge in [-0.15, -0.1) is 10.1 Å². The number of nitrogens with one attached hydrogen (secondary N) is 2. The molecule has 1 aliphatic rings. The minimum Gasteiger partial charge on any atom is -0.334 e. The van der Waals surface area contributed by atoms with Crippen LogP contribution in [-0.2, 0) is 4.79 Å². The Labute approximate surface area is 192 Å². The van der Waals surface area contributed by atoms with Gasteiger partial charge in [-0.3, -0.25) is 9.59 Å². The van der Waals surface area contributed by atoms with Gasteiger partial charge in [0.05, 0.1) is 0 Å². The molecule has 1 heterocycles. The molecule has 5 nitrogen and oxygen atoms in total. The van der Waals surface area contributed by atoms with Crippen LogP contribution in [0.1, 0.15) is 52.9 Å². The number of benzene rings is 3. The molecule has 32 heavy (non-hydrogen) atoms. The zero-order chi connectivity index (χ0) is 22.7. The molecule has 0 spiro atoms. The van der Waals surface area contributed by atoms with Gasteiger partial charge in [-0.2, -0.15) is 0 Å². The zero-order valence-electron chi connectivity index (χ0n) is 18.0. The number of rotatable bonds is 5. The Morgan fingerprint density at radius 3 is 2.28 bits per heavy atom. The molecule has 2 N–H and O–H groups in total. The van der Waals surface area contributed by atoms with E-state index in [1.165, 1.54) is 5.56 Å². The van der Waals surface area contributed by atoms with Crippen molar-refractivity contribution >= 4 is 29.6 Å². The van der Waals surface area contributed by atoms with Crippen LogP contribution in [0.5, 0.6) is 0 Å². The van der Waals surface area contributed by atoms with Crippen LogP contribution in [0, 0.1) is 0 Å². The number of hydrazine groups is 1. The van der Waals surface area contributed by atoms with Crippen molar-refractivity contribution in [3.05, 3.63) is 106 Å². The van der Waals surface area contributed by atoms with E-state index in [0.717, 1.165) is 11.1 Å². The summed E-state index contributed by atoms with van der Waals surface area (Å²) in [4.78, 5) is 25.8. The number of hydrazone groups is 1. The van der Waals surface area contributed by atoms with Crippen molar-refractivity contribution in [3.8, 4) is 0 Å². The van der Waals surface area contributed by atoms with Gasteiger partial charge < -0.3 is 5.32 Å². The van der Waals surface area contributed by atoms with Crippen LogP contribution in [0.25, 0.3) is 0 Å². The van der Waals surface area contributed by atoms with E-state index in [2.05, 4.69) is 36.7 Å². The summed E-state index contributed by atoms with van der Waals surface area (Å²) >= 11 is 5.93. The van der Waals surface area contributed by atoms with Gasteiger partial charge in [0.2, 0.25) is 12.3 Å². The summed E-state index contributed by atoms with van der Waals surface area (Å²) in [6, 6.07) is 23.3. The van der Waals surface area contributed by atoms with Gasteiger partial charge in [-0.1, -0.05) is 67.9 Å². The van der Waals surface area contributed by atoms with E-state index in [-0.39, 0.29) is 11.8 Å². The molecule has 0 saturated carbocycles. The first-order valence-corrected chi connectivity index (χ1v) is 11.0. The Morgan fingerprint density at radius 2 is 1.66 bits per heavy atom. The van der Waals surface area contributed by atoms with Crippen LogP contribution >= 0.6 is 11.6 Å². The van der Waals surface area contributed by atoms with Crippen molar-refractivity contribution in [1.82, 2.24) is 10.7 Å². The summed E-state index contributed by atoms with van der Waals surface area (Å²) in [7, 11) is 0. The van der Waals surface area contributed by atoms with Gasteiger partial charge in [0.25, 0.3) is 5.91 Å². The standard InChI is InChI=1S/C26H24ClN3O2/c1-17(2)19-10-8-18(9-11-19)16-30-24(20-6-4-3-5-7-20)23(26(32)29-30)28-25(31)21-12-14-22(27)15-13-21/h3-17,23-24H,1-2H3,(H-,28,29,31,32)/p+1/b30-16-/t23-,24+/m1/s1. The number of carbonyl (C=O) groups excluding carboxylic acids is 2. The van der Waals surface area contributed by atoms with E-state index < -0.39 is 12.1 Å². The van der Waals surface area contributed by atoms with E-state index in [4.69, 9.17) is 11.6 Å². The molecule has 0 aliphatic carbocycles. The Kier molecular flexibility index (Phi) is 6.37. The Hall–Kier alpha value is -3.44. The molecule has 2 atom stereocenters. The highest BCUT2D eigenvalue weighted by Gasteiger charge is 2.47. The van der Waals surface area contributed by atoms with Crippen LogP contribution in [0.3, 0.4) is 0 Å². The predicted octanol–water partition coefficient (Wildman–Crippen LogP) is 4.48. The fourth-order valence-electron chi connectivity index (χ4n) is 3.78. The summed E-state index contributed by atoms with van der Waals surface area (Å²) < 4.78 is 1.77. The molecule has 0 radical (unpaired) electrons. The SMILES string of the molecule is CC(C)c1ccc(/C=[N+]2\NC(=O)[C@H](NC(=O)c3ccc(Cl)cc3)[C@@H]2c2ccccc2)cc1. The van der Waals surface area contributed by atoms with Gasteiger partial charge >= 0.3 is 5.91 Å². The molecule has 4 rings (SSSR count). The van der Waals surface area contributed by atoms with Gasteiger partial charge in [0, 0.05) is 21.7 Å². The van der Waals surface area contributed by atoms with Crippen LogP contribution in [0.15, 0.2) is 78.9 Å². The third kappa shape index (κ3) is 4.73. The average molecular weight is 447 g/mol. The first-order chi connectivity index (χ1) is 15.4. The molecule has 6 heteroatoms.